The molecule has 112 valence electrons. The molecule has 0 bridgehead atoms. The monoisotopic (exact) mass is 297 g/mol. The second kappa shape index (κ2) is 6.22. The van der Waals surface area contributed by atoms with Crippen molar-refractivity contribution >= 4 is 10.0 Å². The van der Waals surface area contributed by atoms with Crippen LogP contribution in [-0.4, -0.2) is 57.9 Å². The fourth-order valence-corrected chi connectivity index (χ4v) is 3.31. The zero-order valence-electron chi connectivity index (χ0n) is 12.3. The maximum absolute atomic E-state index is 12.0. The van der Waals surface area contributed by atoms with Gasteiger partial charge in [-0.2, -0.15) is 0 Å². The lowest BCUT2D eigenvalue weighted by molar-refractivity contribution is 0.249. The molecule has 1 aliphatic heterocycles. The van der Waals surface area contributed by atoms with Gasteiger partial charge in [0.1, 0.15) is 0 Å². The Morgan fingerprint density at radius 2 is 1.85 bits per heavy atom. The average Bonchev–Trinajstić information content (AvgIpc) is 2.93. The van der Waals surface area contributed by atoms with Gasteiger partial charge in [0.15, 0.2) is 0 Å². The van der Waals surface area contributed by atoms with Crippen molar-refractivity contribution in [3.05, 3.63) is 29.8 Å². The largest absolute Gasteiger partial charge is 0.315 e. The molecule has 1 aromatic carbocycles. The van der Waals surface area contributed by atoms with Gasteiger partial charge in [-0.25, -0.2) is 12.7 Å². The third-order valence-corrected chi connectivity index (χ3v) is 5.62. The molecule has 6 heteroatoms. The Labute approximate surface area is 121 Å². The molecule has 1 aromatic rings. The molecule has 1 fully saturated rings. The number of hydrogen-bond acceptors (Lipinski definition) is 4. The summed E-state index contributed by atoms with van der Waals surface area (Å²) in [4.78, 5) is 2.66. The zero-order valence-corrected chi connectivity index (χ0v) is 13.2. The van der Waals surface area contributed by atoms with Gasteiger partial charge in [-0.3, -0.25) is 4.90 Å². The topological polar surface area (TPSA) is 52.7 Å². The minimum atomic E-state index is -3.33. The maximum Gasteiger partial charge on any atom is 0.242 e. The van der Waals surface area contributed by atoms with Crippen molar-refractivity contribution in [3.8, 4) is 0 Å². The van der Waals surface area contributed by atoms with Crippen LogP contribution in [0.2, 0.25) is 0 Å². The Bertz CT molecular complexity index is 534. The highest BCUT2D eigenvalue weighted by Crippen LogP contribution is 2.16. The standard InChI is InChI=1S/C14H23N3O2S/c1-16(2)20(18,19)14-6-4-12(5-7-14)11-17(3)13-8-9-15-10-13/h4-7,13,15H,8-11H2,1-3H3. The van der Waals surface area contributed by atoms with E-state index in [1.807, 2.05) is 12.1 Å². The van der Waals surface area contributed by atoms with Crippen molar-refractivity contribution in [2.45, 2.75) is 23.9 Å². The van der Waals surface area contributed by atoms with E-state index in [9.17, 15) is 8.42 Å². The first-order valence-corrected chi connectivity index (χ1v) is 8.27. The second-order valence-electron chi connectivity index (χ2n) is 5.49. The smallest absolute Gasteiger partial charge is 0.242 e. The number of likely N-dealkylation sites (N-methyl/N-ethyl adjacent to an activating group) is 1. The summed E-state index contributed by atoms with van der Waals surface area (Å²) in [7, 11) is 1.88. The van der Waals surface area contributed by atoms with Crippen LogP contribution in [0.1, 0.15) is 12.0 Å². The molecule has 0 amide bonds. The predicted molar refractivity (Wildman–Crippen MR) is 80.1 cm³/mol. The molecule has 5 nitrogen and oxygen atoms in total. The lowest BCUT2D eigenvalue weighted by atomic mass is 10.1. The van der Waals surface area contributed by atoms with Gasteiger partial charge in [0.25, 0.3) is 0 Å². The lowest BCUT2D eigenvalue weighted by Crippen LogP contribution is -2.32. The molecule has 1 heterocycles. The van der Waals surface area contributed by atoms with E-state index in [4.69, 9.17) is 0 Å². The molecule has 0 radical (unpaired) electrons. The third kappa shape index (κ3) is 3.38. The van der Waals surface area contributed by atoms with Crippen LogP contribution in [0.15, 0.2) is 29.2 Å². The first-order chi connectivity index (χ1) is 9.41. The normalized spacial score (nSPS) is 19.9. The number of nitrogens with zero attached hydrogens (tertiary/aromatic N) is 2. The number of sulfonamides is 1. The van der Waals surface area contributed by atoms with Crippen LogP contribution < -0.4 is 5.32 Å². The van der Waals surface area contributed by atoms with Crippen LogP contribution >= 0.6 is 0 Å². The summed E-state index contributed by atoms with van der Waals surface area (Å²) in [6, 6.07) is 7.74. The van der Waals surface area contributed by atoms with Crippen molar-refractivity contribution < 1.29 is 8.42 Å². The molecule has 1 atom stereocenters. The van der Waals surface area contributed by atoms with E-state index in [-0.39, 0.29) is 0 Å². The van der Waals surface area contributed by atoms with Crippen molar-refractivity contribution in [2.24, 2.45) is 0 Å². The van der Waals surface area contributed by atoms with E-state index in [0.717, 1.165) is 25.2 Å². The molecule has 1 N–H and O–H groups in total. The molecule has 1 saturated heterocycles. The summed E-state index contributed by atoms with van der Waals surface area (Å²) in [5.41, 5.74) is 1.14. The summed E-state index contributed by atoms with van der Waals surface area (Å²) in [5, 5.41) is 3.35. The molecule has 0 spiro atoms. The minimum absolute atomic E-state index is 0.344. The zero-order chi connectivity index (χ0) is 14.8. The molecule has 0 aliphatic carbocycles. The fraction of sp³-hybridized carbons (Fsp3) is 0.571. The van der Waals surface area contributed by atoms with E-state index in [1.54, 1.807) is 26.2 Å². The van der Waals surface area contributed by atoms with Crippen LogP contribution in [-0.2, 0) is 16.6 Å². The van der Waals surface area contributed by atoms with E-state index in [2.05, 4.69) is 17.3 Å². The first kappa shape index (κ1) is 15.4. The van der Waals surface area contributed by atoms with Gasteiger partial charge in [-0.05, 0) is 37.7 Å². The average molecular weight is 297 g/mol. The van der Waals surface area contributed by atoms with Gasteiger partial charge >= 0.3 is 0 Å². The minimum Gasteiger partial charge on any atom is -0.315 e. The molecule has 2 rings (SSSR count). The van der Waals surface area contributed by atoms with Crippen molar-refractivity contribution in [2.75, 3.05) is 34.2 Å². The van der Waals surface area contributed by atoms with Gasteiger partial charge in [0.2, 0.25) is 10.0 Å². The van der Waals surface area contributed by atoms with Gasteiger partial charge in [0, 0.05) is 33.2 Å². The molecule has 20 heavy (non-hydrogen) atoms. The van der Waals surface area contributed by atoms with Crippen molar-refractivity contribution in [1.82, 2.24) is 14.5 Å². The van der Waals surface area contributed by atoms with Crippen LogP contribution in [0.5, 0.6) is 0 Å². The Kier molecular flexibility index (Phi) is 4.80. The molecule has 0 aromatic heterocycles. The predicted octanol–water partition coefficient (Wildman–Crippen LogP) is 0.731. The Morgan fingerprint density at radius 1 is 1.20 bits per heavy atom. The van der Waals surface area contributed by atoms with Crippen LogP contribution in [0.4, 0.5) is 0 Å². The summed E-state index contributed by atoms with van der Waals surface area (Å²) >= 11 is 0. The molecular formula is C14H23N3O2S. The number of rotatable bonds is 5. The highest BCUT2D eigenvalue weighted by Gasteiger charge is 2.20. The second-order valence-corrected chi connectivity index (χ2v) is 7.64. The van der Waals surface area contributed by atoms with Gasteiger partial charge in [0.05, 0.1) is 4.90 Å². The summed E-state index contributed by atoms with van der Waals surface area (Å²) in [5.74, 6) is 0. The van der Waals surface area contributed by atoms with E-state index < -0.39 is 10.0 Å². The number of nitrogens with one attached hydrogen (secondary N) is 1. The van der Waals surface area contributed by atoms with Crippen molar-refractivity contribution in [1.29, 1.82) is 0 Å². The van der Waals surface area contributed by atoms with E-state index in [1.165, 1.54) is 10.7 Å². The van der Waals surface area contributed by atoms with Gasteiger partial charge < -0.3 is 5.32 Å². The first-order valence-electron chi connectivity index (χ1n) is 6.83. The lowest BCUT2D eigenvalue weighted by Gasteiger charge is -2.23. The maximum atomic E-state index is 12.0. The van der Waals surface area contributed by atoms with Crippen LogP contribution in [0.25, 0.3) is 0 Å². The van der Waals surface area contributed by atoms with Gasteiger partial charge in [-0.1, -0.05) is 12.1 Å². The fourth-order valence-electron chi connectivity index (χ4n) is 2.41. The quantitative estimate of drug-likeness (QED) is 0.870. The number of hydrogen-bond donors (Lipinski definition) is 1. The van der Waals surface area contributed by atoms with E-state index in [0.29, 0.717) is 10.9 Å². The third-order valence-electron chi connectivity index (χ3n) is 3.79. The van der Waals surface area contributed by atoms with Gasteiger partial charge in [-0.15, -0.1) is 0 Å². The highest BCUT2D eigenvalue weighted by molar-refractivity contribution is 7.89. The Hall–Kier alpha value is -0.950. The van der Waals surface area contributed by atoms with Crippen LogP contribution in [0.3, 0.4) is 0 Å². The summed E-state index contributed by atoms with van der Waals surface area (Å²) in [6.45, 7) is 2.95. The van der Waals surface area contributed by atoms with Crippen molar-refractivity contribution in [3.63, 3.8) is 0 Å². The molecular weight excluding hydrogens is 274 g/mol. The summed E-state index contributed by atoms with van der Waals surface area (Å²) in [6.07, 6.45) is 1.17. The summed E-state index contributed by atoms with van der Waals surface area (Å²) < 4.78 is 25.2. The van der Waals surface area contributed by atoms with E-state index >= 15 is 0 Å². The number of benzene rings is 1. The molecule has 1 unspecified atom stereocenters. The SMILES string of the molecule is CN(Cc1ccc(S(=O)(=O)N(C)C)cc1)C1CCNC1. The highest BCUT2D eigenvalue weighted by atomic mass is 32.2. The Morgan fingerprint density at radius 3 is 2.35 bits per heavy atom. The van der Waals surface area contributed by atoms with Crippen LogP contribution in [0, 0.1) is 0 Å². The Balaban J connectivity index is 2.05. The molecule has 1 aliphatic rings. The molecule has 0 saturated carbocycles.